The number of nitrogens with zero attached hydrogens (tertiary/aromatic N) is 2. The van der Waals surface area contributed by atoms with Crippen molar-refractivity contribution in [2.75, 3.05) is 13.6 Å². The lowest BCUT2D eigenvalue weighted by Gasteiger charge is -2.17. The third-order valence-electron chi connectivity index (χ3n) is 3.49. The highest BCUT2D eigenvalue weighted by Gasteiger charge is 2.18. The van der Waals surface area contributed by atoms with Crippen LogP contribution in [0.15, 0.2) is 28.7 Å². The number of benzene rings is 1. The summed E-state index contributed by atoms with van der Waals surface area (Å²) in [5.41, 5.74) is 3.29. The zero-order valence-corrected chi connectivity index (χ0v) is 14.3. The summed E-state index contributed by atoms with van der Waals surface area (Å²) >= 11 is 9.84. The molecule has 1 aromatic carbocycles. The molecule has 108 valence electrons. The summed E-state index contributed by atoms with van der Waals surface area (Å²) in [7, 11) is 3.92. The molecule has 3 nitrogen and oxygen atoms in total. The van der Waals surface area contributed by atoms with E-state index in [9.17, 15) is 0 Å². The fourth-order valence-corrected chi connectivity index (χ4v) is 2.93. The highest BCUT2D eigenvalue weighted by molar-refractivity contribution is 9.10. The number of halogens is 2. The third kappa shape index (κ3) is 3.43. The Balaban J connectivity index is 2.27. The SMILES string of the molecule is CNCC(Cc1c(Cl)c(C)nn1C)c1ccc(Br)cc1. The van der Waals surface area contributed by atoms with Crippen LogP contribution < -0.4 is 5.32 Å². The average Bonchev–Trinajstić information content (AvgIpc) is 2.65. The lowest BCUT2D eigenvalue weighted by Crippen LogP contribution is -2.20. The van der Waals surface area contributed by atoms with Crippen LogP contribution in [0.4, 0.5) is 0 Å². The second kappa shape index (κ2) is 6.74. The second-order valence-corrected chi connectivity index (χ2v) is 6.27. The zero-order chi connectivity index (χ0) is 14.7. The molecule has 0 saturated heterocycles. The Labute approximate surface area is 133 Å². The van der Waals surface area contributed by atoms with E-state index in [2.05, 4.69) is 50.6 Å². The minimum atomic E-state index is 0.375. The Bertz CT molecular complexity index is 578. The number of nitrogens with one attached hydrogen (secondary N) is 1. The maximum absolute atomic E-state index is 6.36. The molecule has 1 aromatic heterocycles. The van der Waals surface area contributed by atoms with Crippen molar-refractivity contribution in [3.8, 4) is 0 Å². The van der Waals surface area contributed by atoms with Crippen LogP contribution in [-0.2, 0) is 13.5 Å². The van der Waals surface area contributed by atoms with Crippen LogP contribution in [0.25, 0.3) is 0 Å². The first-order valence-electron chi connectivity index (χ1n) is 6.61. The number of hydrogen-bond acceptors (Lipinski definition) is 2. The minimum absolute atomic E-state index is 0.375. The Morgan fingerprint density at radius 1 is 1.35 bits per heavy atom. The summed E-state index contributed by atoms with van der Waals surface area (Å²) in [4.78, 5) is 0. The van der Waals surface area contributed by atoms with E-state index in [0.29, 0.717) is 5.92 Å². The number of hydrogen-bond donors (Lipinski definition) is 1. The molecule has 0 amide bonds. The molecule has 2 rings (SSSR count). The van der Waals surface area contributed by atoms with Gasteiger partial charge in [0.25, 0.3) is 0 Å². The van der Waals surface area contributed by atoms with Gasteiger partial charge in [0.15, 0.2) is 0 Å². The van der Waals surface area contributed by atoms with Gasteiger partial charge in [0.1, 0.15) is 0 Å². The molecule has 1 atom stereocenters. The van der Waals surface area contributed by atoms with Gasteiger partial charge in [-0.1, -0.05) is 39.7 Å². The predicted molar refractivity (Wildman–Crippen MR) is 87.5 cm³/mol. The summed E-state index contributed by atoms with van der Waals surface area (Å²) in [6, 6.07) is 8.47. The molecule has 0 aliphatic carbocycles. The van der Waals surface area contributed by atoms with Gasteiger partial charge in [-0.15, -0.1) is 0 Å². The second-order valence-electron chi connectivity index (χ2n) is 4.98. The van der Waals surface area contributed by atoms with Crippen LogP contribution >= 0.6 is 27.5 Å². The van der Waals surface area contributed by atoms with E-state index in [1.807, 2.05) is 25.7 Å². The first-order valence-corrected chi connectivity index (χ1v) is 7.78. The van der Waals surface area contributed by atoms with E-state index in [-0.39, 0.29) is 0 Å². The van der Waals surface area contributed by atoms with Crippen LogP contribution in [0.2, 0.25) is 5.02 Å². The van der Waals surface area contributed by atoms with Crippen molar-refractivity contribution in [3.05, 3.63) is 50.7 Å². The summed E-state index contributed by atoms with van der Waals surface area (Å²) < 4.78 is 2.98. The van der Waals surface area contributed by atoms with E-state index in [1.165, 1.54) is 5.56 Å². The highest BCUT2D eigenvalue weighted by atomic mass is 79.9. The van der Waals surface area contributed by atoms with Gasteiger partial charge in [-0.25, -0.2) is 0 Å². The molecule has 0 radical (unpaired) electrons. The van der Waals surface area contributed by atoms with Crippen molar-refractivity contribution in [1.29, 1.82) is 0 Å². The van der Waals surface area contributed by atoms with Crippen molar-refractivity contribution in [1.82, 2.24) is 15.1 Å². The van der Waals surface area contributed by atoms with E-state index in [4.69, 9.17) is 11.6 Å². The molecule has 20 heavy (non-hydrogen) atoms. The molecule has 0 bridgehead atoms. The van der Waals surface area contributed by atoms with Crippen LogP contribution in [0.5, 0.6) is 0 Å². The van der Waals surface area contributed by atoms with Gasteiger partial charge in [-0.05, 0) is 38.1 Å². The topological polar surface area (TPSA) is 29.9 Å². The molecule has 1 unspecified atom stereocenters. The minimum Gasteiger partial charge on any atom is -0.319 e. The van der Waals surface area contributed by atoms with Gasteiger partial charge in [-0.2, -0.15) is 5.10 Å². The fraction of sp³-hybridized carbons (Fsp3) is 0.400. The van der Waals surface area contributed by atoms with E-state index in [1.54, 1.807) is 0 Å². The Morgan fingerprint density at radius 3 is 2.50 bits per heavy atom. The molecule has 1 heterocycles. The molecule has 0 aliphatic rings. The molecule has 2 aromatic rings. The third-order valence-corrected chi connectivity index (χ3v) is 4.51. The number of aromatic nitrogens is 2. The molecule has 0 spiro atoms. The van der Waals surface area contributed by atoms with E-state index in [0.717, 1.165) is 33.8 Å². The Morgan fingerprint density at radius 2 is 2.00 bits per heavy atom. The quantitative estimate of drug-likeness (QED) is 0.885. The molecular weight excluding hydrogens is 338 g/mol. The number of aryl methyl sites for hydroxylation is 2. The van der Waals surface area contributed by atoms with Gasteiger partial charge in [0.05, 0.1) is 16.4 Å². The van der Waals surface area contributed by atoms with Gasteiger partial charge in [0.2, 0.25) is 0 Å². The van der Waals surface area contributed by atoms with Crippen LogP contribution in [0.1, 0.15) is 22.9 Å². The summed E-state index contributed by atoms with van der Waals surface area (Å²) in [5.74, 6) is 0.375. The first kappa shape index (κ1) is 15.5. The van der Waals surface area contributed by atoms with Gasteiger partial charge < -0.3 is 5.32 Å². The van der Waals surface area contributed by atoms with Gasteiger partial charge >= 0.3 is 0 Å². The predicted octanol–water partition coefficient (Wildman–Crippen LogP) is 3.69. The van der Waals surface area contributed by atoms with Gasteiger partial charge in [0, 0.05) is 24.0 Å². The van der Waals surface area contributed by atoms with Crippen molar-refractivity contribution < 1.29 is 0 Å². The summed E-state index contributed by atoms with van der Waals surface area (Å²) in [6.45, 7) is 2.85. The normalized spacial score (nSPS) is 12.7. The summed E-state index contributed by atoms with van der Waals surface area (Å²) in [6.07, 6.45) is 0.874. The molecule has 1 N–H and O–H groups in total. The maximum atomic E-state index is 6.36. The van der Waals surface area contributed by atoms with Crippen molar-refractivity contribution in [2.45, 2.75) is 19.3 Å². The molecular formula is C15H19BrClN3. The molecule has 0 saturated carbocycles. The lowest BCUT2D eigenvalue weighted by atomic mass is 9.94. The van der Waals surface area contributed by atoms with E-state index >= 15 is 0 Å². The van der Waals surface area contributed by atoms with Crippen molar-refractivity contribution in [3.63, 3.8) is 0 Å². The Hall–Kier alpha value is -0.840. The zero-order valence-electron chi connectivity index (χ0n) is 12.0. The monoisotopic (exact) mass is 355 g/mol. The standard InChI is InChI=1S/C15H19BrClN3/c1-10-15(17)14(20(3)19-10)8-12(9-18-2)11-4-6-13(16)7-5-11/h4-7,12,18H,8-9H2,1-3H3. The van der Waals surface area contributed by atoms with Crippen LogP contribution in [0.3, 0.4) is 0 Å². The fourth-order valence-electron chi connectivity index (χ4n) is 2.42. The Kier molecular flexibility index (Phi) is 5.24. The summed E-state index contributed by atoms with van der Waals surface area (Å²) in [5, 5.41) is 8.43. The molecule has 5 heteroatoms. The van der Waals surface area contributed by atoms with Crippen LogP contribution in [0, 0.1) is 6.92 Å². The number of likely N-dealkylation sites (N-methyl/N-ethyl adjacent to an activating group) is 1. The van der Waals surface area contributed by atoms with Gasteiger partial charge in [-0.3, -0.25) is 4.68 Å². The highest BCUT2D eigenvalue weighted by Crippen LogP contribution is 2.27. The maximum Gasteiger partial charge on any atom is 0.0847 e. The first-order chi connectivity index (χ1) is 9.52. The number of rotatable bonds is 5. The largest absolute Gasteiger partial charge is 0.319 e. The van der Waals surface area contributed by atoms with Crippen LogP contribution in [-0.4, -0.2) is 23.4 Å². The lowest BCUT2D eigenvalue weighted by molar-refractivity contribution is 0.591. The van der Waals surface area contributed by atoms with Crippen molar-refractivity contribution >= 4 is 27.5 Å². The smallest absolute Gasteiger partial charge is 0.0847 e. The molecule has 0 fully saturated rings. The van der Waals surface area contributed by atoms with E-state index < -0.39 is 0 Å². The molecule has 0 aliphatic heterocycles. The average molecular weight is 357 g/mol. The van der Waals surface area contributed by atoms with Crippen molar-refractivity contribution in [2.24, 2.45) is 7.05 Å².